The summed E-state index contributed by atoms with van der Waals surface area (Å²) in [5, 5.41) is 8.72. The molecule has 1 atom stereocenters. The largest absolute Gasteiger partial charge is 0.483 e. The second kappa shape index (κ2) is 8.33. The van der Waals surface area contributed by atoms with Crippen molar-refractivity contribution in [2.75, 3.05) is 13.2 Å². The van der Waals surface area contributed by atoms with Gasteiger partial charge in [0.2, 0.25) is 5.56 Å². The highest BCUT2D eigenvalue weighted by Gasteiger charge is 2.35. The number of nitrogens with zero attached hydrogens (tertiary/aromatic N) is 2. The lowest BCUT2D eigenvalue weighted by Gasteiger charge is -2.22. The van der Waals surface area contributed by atoms with Gasteiger partial charge >= 0.3 is 6.61 Å². The summed E-state index contributed by atoms with van der Waals surface area (Å²) in [4.78, 5) is 14.2. The van der Waals surface area contributed by atoms with Crippen LogP contribution in [0.2, 0.25) is 0 Å². The van der Waals surface area contributed by atoms with Gasteiger partial charge in [0, 0.05) is 35.0 Å². The van der Waals surface area contributed by atoms with Crippen molar-refractivity contribution >= 4 is 34.0 Å². The number of benzene rings is 1. The molecule has 4 rings (SSSR count). The first-order chi connectivity index (χ1) is 14.4. The van der Waals surface area contributed by atoms with Crippen LogP contribution >= 0.6 is 23.2 Å². The standard InChI is InChI=1S/C19H15Cl2F2N3O4/c20-19(21,10-3-5-24-15(27)7-10)17-12-1-2-14(30-18(22)23)16(13(12)8-25-26-17)29-11-4-6-28-9-11/h1-3,5,7-8,11,18H,4,6,9H2,(H,24,27). The van der Waals surface area contributed by atoms with Crippen LogP contribution in [0.1, 0.15) is 17.7 Å². The van der Waals surface area contributed by atoms with Gasteiger partial charge < -0.3 is 19.2 Å². The Balaban J connectivity index is 1.87. The molecule has 1 aliphatic heterocycles. The summed E-state index contributed by atoms with van der Waals surface area (Å²) in [7, 11) is 0. The average Bonchev–Trinajstić information content (AvgIpc) is 3.22. The molecule has 7 nitrogen and oxygen atoms in total. The lowest BCUT2D eigenvalue weighted by Crippen LogP contribution is -2.20. The molecule has 3 heterocycles. The predicted octanol–water partition coefficient (Wildman–Crippen LogP) is 3.77. The molecule has 0 saturated carbocycles. The number of rotatable bonds is 6. The topological polar surface area (TPSA) is 86.3 Å². The van der Waals surface area contributed by atoms with Crippen molar-refractivity contribution < 1.29 is 23.0 Å². The van der Waals surface area contributed by atoms with Crippen LogP contribution in [0.4, 0.5) is 8.78 Å². The number of alkyl halides is 4. The van der Waals surface area contributed by atoms with E-state index >= 15 is 0 Å². The van der Waals surface area contributed by atoms with Crippen LogP contribution < -0.4 is 15.0 Å². The predicted molar refractivity (Wildman–Crippen MR) is 106 cm³/mol. The molecule has 0 radical (unpaired) electrons. The van der Waals surface area contributed by atoms with E-state index in [9.17, 15) is 13.6 Å². The quantitative estimate of drug-likeness (QED) is 0.567. The van der Waals surface area contributed by atoms with E-state index < -0.39 is 16.5 Å². The highest BCUT2D eigenvalue weighted by atomic mass is 35.5. The molecular weight excluding hydrogens is 443 g/mol. The number of aromatic amines is 1. The van der Waals surface area contributed by atoms with E-state index in [1.807, 2.05) is 0 Å². The van der Waals surface area contributed by atoms with Crippen LogP contribution in [-0.2, 0) is 9.07 Å². The van der Waals surface area contributed by atoms with Crippen molar-refractivity contribution in [2.45, 2.75) is 23.5 Å². The number of halogens is 4. The van der Waals surface area contributed by atoms with Crippen molar-refractivity contribution in [2.24, 2.45) is 0 Å². The van der Waals surface area contributed by atoms with Gasteiger partial charge in [-0.2, -0.15) is 19.0 Å². The van der Waals surface area contributed by atoms with E-state index in [1.54, 1.807) is 0 Å². The average molecular weight is 458 g/mol. The number of hydrogen-bond acceptors (Lipinski definition) is 6. The Kier molecular flexibility index (Phi) is 5.77. The zero-order chi connectivity index (χ0) is 21.3. The van der Waals surface area contributed by atoms with E-state index in [2.05, 4.69) is 19.9 Å². The van der Waals surface area contributed by atoms with E-state index in [1.165, 1.54) is 36.7 Å². The third-order valence-electron chi connectivity index (χ3n) is 4.58. The van der Waals surface area contributed by atoms with Crippen LogP contribution in [0.5, 0.6) is 11.5 Å². The zero-order valence-corrected chi connectivity index (χ0v) is 16.8. The molecule has 1 saturated heterocycles. The van der Waals surface area contributed by atoms with Crippen molar-refractivity contribution in [1.29, 1.82) is 0 Å². The van der Waals surface area contributed by atoms with Crippen LogP contribution in [0, 0.1) is 0 Å². The first kappa shape index (κ1) is 20.8. The van der Waals surface area contributed by atoms with Crippen LogP contribution in [0.3, 0.4) is 0 Å². The summed E-state index contributed by atoms with van der Waals surface area (Å²) in [5.41, 5.74) is -0.00903. The van der Waals surface area contributed by atoms with Gasteiger partial charge in [-0.3, -0.25) is 4.79 Å². The smallest absolute Gasteiger partial charge is 0.387 e. The number of fused-ring (bicyclic) bond motifs is 1. The van der Waals surface area contributed by atoms with E-state index in [0.29, 0.717) is 30.4 Å². The summed E-state index contributed by atoms with van der Waals surface area (Å²) in [6, 6.07) is 5.58. The third kappa shape index (κ3) is 4.05. The van der Waals surface area contributed by atoms with E-state index in [0.717, 1.165) is 0 Å². The normalized spacial score (nSPS) is 16.9. The van der Waals surface area contributed by atoms with E-state index in [4.69, 9.17) is 32.7 Å². The lowest BCUT2D eigenvalue weighted by atomic mass is 10.0. The van der Waals surface area contributed by atoms with Gasteiger partial charge in [-0.05, 0) is 18.2 Å². The number of hydrogen-bond donors (Lipinski definition) is 1. The number of H-pyrrole nitrogens is 1. The van der Waals surface area contributed by atoms with Gasteiger partial charge in [-0.25, -0.2) is 0 Å². The fourth-order valence-corrected chi connectivity index (χ4v) is 3.72. The Hall–Kier alpha value is -2.49. The highest BCUT2D eigenvalue weighted by molar-refractivity contribution is 6.50. The Bertz CT molecular complexity index is 1120. The molecule has 1 unspecified atom stereocenters. The van der Waals surface area contributed by atoms with Crippen LogP contribution in [-0.4, -0.2) is 41.1 Å². The lowest BCUT2D eigenvalue weighted by molar-refractivity contribution is -0.0519. The second-order valence-corrected chi connectivity index (χ2v) is 7.87. The number of aromatic nitrogens is 3. The molecule has 158 valence electrons. The molecule has 1 N–H and O–H groups in total. The maximum Gasteiger partial charge on any atom is 0.387 e. The third-order valence-corrected chi connectivity index (χ3v) is 5.38. The minimum Gasteiger partial charge on any atom is -0.483 e. The molecule has 0 bridgehead atoms. The van der Waals surface area contributed by atoms with Gasteiger partial charge in [0.25, 0.3) is 0 Å². The Morgan fingerprint density at radius 3 is 2.80 bits per heavy atom. The molecule has 0 amide bonds. The minimum atomic E-state index is -3.05. The van der Waals surface area contributed by atoms with Crippen molar-refractivity contribution in [1.82, 2.24) is 15.2 Å². The Morgan fingerprint density at radius 1 is 1.27 bits per heavy atom. The fourth-order valence-electron chi connectivity index (χ4n) is 3.20. The van der Waals surface area contributed by atoms with Crippen LogP contribution in [0.15, 0.2) is 41.5 Å². The summed E-state index contributed by atoms with van der Waals surface area (Å²) in [6.07, 6.45) is 3.01. The fraction of sp³-hybridized carbons (Fsp3) is 0.316. The summed E-state index contributed by atoms with van der Waals surface area (Å²) >= 11 is 13.2. The molecule has 0 spiro atoms. The number of pyridine rings is 1. The van der Waals surface area contributed by atoms with Gasteiger partial charge in [0.1, 0.15) is 11.8 Å². The zero-order valence-electron chi connectivity index (χ0n) is 15.3. The van der Waals surface area contributed by atoms with Crippen LogP contribution in [0.25, 0.3) is 10.8 Å². The second-order valence-electron chi connectivity index (χ2n) is 6.55. The van der Waals surface area contributed by atoms with Crippen molar-refractivity contribution in [3.8, 4) is 11.5 Å². The van der Waals surface area contributed by atoms with Crippen molar-refractivity contribution in [3.63, 3.8) is 0 Å². The Labute approximate surface area is 178 Å². The first-order valence-electron chi connectivity index (χ1n) is 8.91. The molecule has 30 heavy (non-hydrogen) atoms. The minimum absolute atomic E-state index is 0.0643. The molecule has 1 fully saturated rings. The SMILES string of the molecule is O=c1cc(C(Cl)(Cl)c2nncc3c(OC4CCOC4)c(OC(F)F)ccc23)cc[nH]1. The maximum atomic E-state index is 12.9. The Morgan fingerprint density at radius 2 is 2.10 bits per heavy atom. The van der Waals surface area contributed by atoms with Crippen molar-refractivity contribution in [3.05, 3.63) is 58.3 Å². The highest BCUT2D eigenvalue weighted by Crippen LogP contribution is 2.45. The van der Waals surface area contributed by atoms with Gasteiger partial charge in [-0.1, -0.05) is 23.2 Å². The maximum absolute atomic E-state index is 12.9. The molecule has 1 aliphatic rings. The monoisotopic (exact) mass is 457 g/mol. The number of ether oxygens (including phenoxy) is 3. The summed E-state index contributed by atoms with van der Waals surface area (Å²) in [5.74, 6) is -0.0938. The van der Waals surface area contributed by atoms with Gasteiger partial charge in [-0.15, -0.1) is 0 Å². The molecule has 1 aromatic carbocycles. The van der Waals surface area contributed by atoms with Gasteiger partial charge in [0.05, 0.1) is 19.4 Å². The summed E-state index contributed by atoms with van der Waals surface area (Å²) in [6.45, 7) is -2.23. The van der Waals surface area contributed by atoms with E-state index in [-0.39, 0.29) is 28.9 Å². The molecule has 0 aliphatic carbocycles. The van der Waals surface area contributed by atoms with Gasteiger partial charge in [0.15, 0.2) is 15.8 Å². The molecular formula is C19H15Cl2F2N3O4. The molecule has 11 heteroatoms. The molecule has 2 aromatic heterocycles. The summed E-state index contributed by atoms with van der Waals surface area (Å²) < 4.78 is 40.0. The first-order valence-corrected chi connectivity index (χ1v) is 9.67. The number of nitrogens with one attached hydrogen (secondary N) is 1. The molecule has 3 aromatic rings.